The average Bonchev–Trinajstić information content (AvgIpc) is 2.50. The summed E-state index contributed by atoms with van der Waals surface area (Å²) in [7, 11) is 0. The van der Waals surface area contributed by atoms with Crippen LogP contribution in [0.2, 0.25) is 0 Å². The van der Waals surface area contributed by atoms with Crippen molar-refractivity contribution in [3.05, 3.63) is 29.3 Å². The van der Waals surface area contributed by atoms with Gasteiger partial charge in [-0.1, -0.05) is 6.07 Å². The molecule has 0 spiro atoms. The lowest BCUT2D eigenvalue weighted by molar-refractivity contribution is -0.133. The SMILES string of the molecule is Cc1ccc(C(=O)NC(C)C(=O)N2CCCCC2)cc1N. The van der Waals surface area contributed by atoms with Crippen LogP contribution in [0.4, 0.5) is 5.69 Å². The van der Waals surface area contributed by atoms with Crippen LogP contribution in [0.5, 0.6) is 0 Å². The number of carbonyl (C=O) groups excluding carboxylic acids is 2. The van der Waals surface area contributed by atoms with E-state index in [1.165, 1.54) is 6.42 Å². The molecule has 0 bridgehead atoms. The lowest BCUT2D eigenvalue weighted by Crippen LogP contribution is -2.48. The number of benzene rings is 1. The van der Waals surface area contributed by atoms with Crippen molar-refractivity contribution in [2.45, 2.75) is 39.2 Å². The van der Waals surface area contributed by atoms with Gasteiger partial charge in [0.15, 0.2) is 0 Å². The van der Waals surface area contributed by atoms with Gasteiger partial charge in [0, 0.05) is 24.3 Å². The summed E-state index contributed by atoms with van der Waals surface area (Å²) in [5, 5.41) is 2.75. The van der Waals surface area contributed by atoms with Crippen LogP contribution < -0.4 is 11.1 Å². The van der Waals surface area contributed by atoms with Crippen LogP contribution in [0, 0.1) is 6.92 Å². The minimum Gasteiger partial charge on any atom is -0.398 e. The third kappa shape index (κ3) is 3.74. The minimum absolute atomic E-state index is 0.0110. The first kappa shape index (κ1) is 15.4. The molecule has 5 heteroatoms. The van der Waals surface area contributed by atoms with E-state index in [2.05, 4.69) is 5.32 Å². The maximum Gasteiger partial charge on any atom is 0.251 e. The van der Waals surface area contributed by atoms with Crippen molar-refractivity contribution in [1.29, 1.82) is 0 Å². The van der Waals surface area contributed by atoms with Crippen molar-refractivity contribution < 1.29 is 9.59 Å². The molecule has 5 nitrogen and oxygen atoms in total. The van der Waals surface area contributed by atoms with Gasteiger partial charge in [-0.3, -0.25) is 9.59 Å². The highest BCUT2D eigenvalue weighted by molar-refractivity contribution is 5.98. The minimum atomic E-state index is -0.516. The number of nitrogens with two attached hydrogens (primary N) is 1. The van der Waals surface area contributed by atoms with Crippen molar-refractivity contribution in [3.63, 3.8) is 0 Å². The number of aryl methyl sites for hydroxylation is 1. The van der Waals surface area contributed by atoms with Gasteiger partial charge in [0.1, 0.15) is 6.04 Å². The zero-order valence-corrected chi connectivity index (χ0v) is 12.7. The van der Waals surface area contributed by atoms with Gasteiger partial charge < -0.3 is 16.0 Å². The van der Waals surface area contributed by atoms with Crippen LogP contribution >= 0.6 is 0 Å². The van der Waals surface area contributed by atoms with Gasteiger partial charge in [-0.25, -0.2) is 0 Å². The van der Waals surface area contributed by atoms with Crippen LogP contribution in [-0.4, -0.2) is 35.8 Å². The third-order valence-corrected chi connectivity index (χ3v) is 3.93. The number of amides is 2. The molecule has 1 unspecified atom stereocenters. The van der Waals surface area contributed by atoms with Crippen molar-refractivity contribution in [2.75, 3.05) is 18.8 Å². The molecule has 1 atom stereocenters. The highest BCUT2D eigenvalue weighted by Crippen LogP contribution is 2.14. The Morgan fingerprint density at radius 3 is 2.52 bits per heavy atom. The standard InChI is InChI=1S/C16H23N3O2/c1-11-6-7-13(10-14(11)17)15(20)18-12(2)16(21)19-8-4-3-5-9-19/h6-7,10,12H,3-5,8-9,17H2,1-2H3,(H,18,20). The van der Waals surface area contributed by atoms with Gasteiger partial charge in [0.2, 0.25) is 5.91 Å². The van der Waals surface area contributed by atoms with E-state index in [1.807, 2.05) is 11.8 Å². The molecule has 0 saturated carbocycles. The first-order valence-electron chi connectivity index (χ1n) is 7.45. The summed E-state index contributed by atoms with van der Waals surface area (Å²) in [5.41, 5.74) is 7.81. The first-order valence-corrected chi connectivity index (χ1v) is 7.45. The number of nitrogens with zero attached hydrogens (tertiary/aromatic N) is 1. The number of hydrogen-bond donors (Lipinski definition) is 2. The summed E-state index contributed by atoms with van der Waals surface area (Å²) in [6, 6.07) is 4.65. The molecule has 1 aromatic rings. The summed E-state index contributed by atoms with van der Waals surface area (Å²) in [5.74, 6) is -0.275. The van der Waals surface area contributed by atoms with Gasteiger partial charge in [-0.05, 0) is 50.8 Å². The summed E-state index contributed by atoms with van der Waals surface area (Å²) < 4.78 is 0. The normalized spacial score (nSPS) is 16.4. The number of nitrogens with one attached hydrogen (secondary N) is 1. The monoisotopic (exact) mass is 289 g/mol. The Balaban J connectivity index is 1.97. The van der Waals surface area contributed by atoms with E-state index in [0.29, 0.717) is 11.3 Å². The molecular weight excluding hydrogens is 266 g/mol. The largest absolute Gasteiger partial charge is 0.398 e. The van der Waals surface area contributed by atoms with Gasteiger partial charge in [0.05, 0.1) is 0 Å². The highest BCUT2D eigenvalue weighted by Gasteiger charge is 2.23. The molecule has 0 radical (unpaired) electrons. The molecule has 1 heterocycles. The molecule has 0 aromatic heterocycles. The number of rotatable bonds is 3. The molecule has 2 rings (SSSR count). The fraction of sp³-hybridized carbons (Fsp3) is 0.500. The second-order valence-corrected chi connectivity index (χ2v) is 5.65. The zero-order chi connectivity index (χ0) is 15.4. The predicted molar refractivity (Wildman–Crippen MR) is 83.0 cm³/mol. The number of nitrogen functional groups attached to an aromatic ring is 1. The number of hydrogen-bond acceptors (Lipinski definition) is 3. The summed E-state index contributed by atoms with van der Waals surface area (Å²) in [6.45, 7) is 5.19. The highest BCUT2D eigenvalue weighted by atomic mass is 16.2. The van der Waals surface area contributed by atoms with Crippen LogP contribution in [-0.2, 0) is 4.79 Å². The van der Waals surface area contributed by atoms with E-state index in [4.69, 9.17) is 5.73 Å². The molecule has 1 aromatic carbocycles. The molecule has 1 aliphatic rings. The zero-order valence-electron chi connectivity index (χ0n) is 12.7. The predicted octanol–water partition coefficient (Wildman–Crippen LogP) is 1.71. The van der Waals surface area contributed by atoms with Gasteiger partial charge in [-0.15, -0.1) is 0 Å². The molecule has 114 valence electrons. The fourth-order valence-corrected chi connectivity index (χ4v) is 2.51. The van der Waals surface area contributed by atoms with E-state index in [0.717, 1.165) is 31.5 Å². The number of carbonyl (C=O) groups is 2. The smallest absolute Gasteiger partial charge is 0.251 e. The van der Waals surface area contributed by atoms with E-state index >= 15 is 0 Å². The van der Waals surface area contributed by atoms with Crippen LogP contribution in [0.25, 0.3) is 0 Å². The quantitative estimate of drug-likeness (QED) is 0.832. The molecule has 1 saturated heterocycles. The van der Waals surface area contributed by atoms with Crippen molar-refractivity contribution in [2.24, 2.45) is 0 Å². The second-order valence-electron chi connectivity index (χ2n) is 5.65. The van der Waals surface area contributed by atoms with Crippen molar-refractivity contribution in [3.8, 4) is 0 Å². The van der Waals surface area contributed by atoms with Crippen molar-refractivity contribution in [1.82, 2.24) is 10.2 Å². The molecule has 2 amide bonds. The Morgan fingerprint density at radius 1 is 1.24 bits per heavy atom. The maximum atomic E-state index is 12.3. The lowest BCUT2D eigenvalue weighted by Gasteiger charge is -2.29. The summed E-state index contributed by atoms with van der Waals surface area (Å²) >= 11 is 0. The second kappa shape index (κ2) is 6.61. The topological polar surface area (TPSA) is 75.4 Å². The Labute approximate surface area is 125 Å². The van der Waals surface area contributed by atoms with Gasteiger partial charge in [-0.2, -0.15) is 0 Å². The van der Waals surface area contributed by atoms with Gasteiger partial charge >= 0.3 is 0 Å². The van der Waals surface area contributed by atoms with Crippen LogP contribution in [0.15, 0.2) is 18.2 Å². The molecule has 1 aliphatic heterocycles. The fourth-order valence-electron chi connectivity index (χ4n) is 2.51. The molecule has 0 aliphatic carbocycles. The van der Waals surface area contributed by atoms with Gasteiger partial charge in [0.25, 0.3) is 5.91 Å². The number of anilines is 1. The Bertz CT molecular complexity index is 536. The third-order valence-electron chi connectivity index (χ3n) is 3.93. The number of likely N-dealkylation sites (tertiary alicyclic amines) is 1. The van der Waals surface area contributed by atoms with Crippen LogP contribution in [0.3, 0.4) is 0 Å². The Morgan fingerprint density at radius 2 is 1.90 bits per heavy atom. The molecular formula is C16H23N3O2. The van der Waals surface area contributed by atoms with Crippen LogP contribution in [0.1, 0.15) is 42.1 Å². The van der Waals surface area contributed by atoms with E-state index in [9.17, 15) is 9.59 Å². The average molecular weight is 289 g/mol. The first-order chi connectivity index (χ1) is 9.99. The Hall–Kier alpha value is -2.04. The molecule has 1 fully saturated rings. The molecule has 21 heavy (non-hydrogen) atoms. The van der Waals surface area contributed by atoms with E-state index in [1.54, 1.807) is 25.1 Å². The Kier molecular flexibility index (Phi) is 4.83. The summed E-state index contributed by atoms with van der Waals surface area (Å²) in [4.78, 5) is 26.3. The maximum absolute atomic E-state index is 12.3. The molecule has 3 N–H and O–H groups in total. The number of piperidine rings is 1. The van der Waals surface area contributed by atoms with E-state index < -0.39 is 6.04 Å². The van der Waals surface area contributed by atoms with Crippen molar-refractivity contribution >= 4 is 17.5 Å². The van der Waals surface area contributed by atoms with E-state index in [-0.39, 0.29) is 11.8 Å². The lowest BCUT2D eigenvalue weighted by atomic mass is 10.1. The summed E-state index contributed by atoms with van der Waals surface area (Å²) in [6.07, 6.45) is 3.26.